The number of ether oxygens (including phenoxy) is 1. The summed E-state index contributed by atoms with van der Waals surface area (Å²) in [5, 5.41) is 3.44. The maximum atomic E-state index is 5.70. The van der Waals surface area contributed by atoms with Crippen LogP contribution in [0.3, 0.4) is 0 Å². The zero-order valence-electron chi connectivity index (χ0n) is 12.0. The normalized spacial score (nSPS) is 19.3. The van der Waals surface area contributed by atoms with Gasteiger partial charge in [-0.25, -0.2) is 9.97 Å². The lowest BCUT2D eigenvalue weighted by Crippen LogP contribution is -2.49. The molecule has 1 aliphatic heterocycles. The largest absolute Gasteiger partial charge is 0.475 e. The zero-order valence-corrected chi connectivity index (χ0v) is 12.0. The van der Waals surface area contributed by atoms with Crippen LogP contribution in [0.25, 0.3) is 11.0 Å². The lowest BCUT2D eigenvalue weighted by molar-refractivity contribution is 0.325. The van der Waals surface area contributed by atoms with Gasteiger partial charge in [-0.2, -0.15) is 0 Å². The molecule has 1 fully saturated rings. The van der Waals surface area contributed by atoms with Crippen LogP contribution in [-0.4, -0.2) is 42.3 Å². The average molecular weight is 272 g/mol. The molecule has 2 aromatic rings. The molecule has 1 saturated heterocycles. The Kier molecular flexibility index (Phi) is 3.69. The Bertz CT molecular complexity index is 601. The van der Waals surface area contributed by atoms with Crippen LogP contribution in [0.2, 0.25) is 0 Å². The third-order valence-electron chi connectivity index (χ3n) is 3.47. The van der Waals surface area contributed by atoms with E-state index in [2.05, 4.69) is 22.1 Å². The van der Waals surface area contributed by atoms with Crippen LogP contribution < -0.4 is 15.0 Å². The summed E-state index contributed by atoms with van der Waals surface area (Å²) in [7, 11) is 0. The maximum absolute atomic E-state index is 5.70. The van der Waals surface area contributed by atoms with Crippen molar-refractivity contribution in [1.29, 1.82) is 0 Å². The Morgan fingerprint density at radius 3 is 2.75 bits per heavy atom. The first-order valence-corrected chi connectivity index (χ1v) is 7.16. The number of rotatable bonds is 3. The number of nitrogens with one attached hydrogen (secondary N) is 1. The van der Waals surface area contributed by atoms with Gasteiger partial charge in [0.1, 0.15) is 0 Å². The molecule has 20 heavy (non-hydrogen) atoms. The smallest absolute Gasteiger partial charge is 0.258 e. The minimum absolute atomic E-state index is 0.450. The molecule has 1 aromatic carbocycles. The number of piperazine rings is 1. The van der Waals surface area contributed by atoms with E-state index in [9.17, 15) is 0 Å². The molecule has 0 radical (unpaired) electrons. The summed E-state index contributed by atoms with van der Waals surface area (Å²) in [5.74, 6) is 1.50. The molecular formula is C15H20N4O. The van der Waals surface area contributed by atoms with Crippen LogP contribution in [0.15, 0.2) is 24.3 Å². The van der Waals surface area contributed by atoms with Crippen molar-refractivity contribution in [2.75, 3.05) is 31.1 Å². The molecule has 1 aromatic heterocycles. The lowest BCUT2D eigenvalue weighted by atomic mass is 10.2. The van der Waals surface area contributed by atoms with Gasteiger partial charge >= 0.3 is 0 Å². The van der Waals surface area contributed by atoms with Crippen LogP contribution in [0.4, 0.5) is 5.82 Å². The molecule has 0 amide bonds. The second-order valence-corrected chi connectivity index (χ2v) is 5.08. The van der Waals surface area contributed by atoms with Gasteiger partial charge in [0.25, 0.3) is 5.88 Å². The number of hydrogen-bond acceptors (Lipinski definition) is 5. The van der Waals surface area contributed by atoms with Crippen molar-refractivity contribution < 1.29 is 4.74 Å². The first-order valence-electron chi connectivity index (χ1n) is 7.16. The Balaban J connectivity index is 2.04. The van der Waals surface area contributed by atoms with Crippen molar-refractivity contribution in [2.24, 2.45) is 0 Å². The zero-order chi connectivity index (χ0) is 13.9. The molecule has 0 saturated carbocycles. The van der Waals surface area contributed by atoms with Gasteiger partial charge in [-0.15, -0.1) is 0 Å². The Morgan fingerprint density at radius 1 is 1.30 bits per heavy atom. The van der Waals surface area contributed by atoms with E-state index < -0.39 is 0 Å². The summed E-state index contributed by atoms with van der Waals surface area (Å²) < 4.78 is 5.70. The van der Waals surface area contributed by atoms with Gasteiger partial charge < -0.3 is 15.0 Å². The van der Waals surface area contributed by atoms with Gasteiger partial charge in [0, 0.05) is 25.7 Å². The highest BCUT2D eigenvalue weighted by atomic mass is 16.5. The average Bonchev–Trinajstić information content (AvgIpc) is 2.47. The summed E-state index contributed by atoms with van der Waals surface area (Å²) in [4.78, 5) is 11.6. The van der Waals surface area contributed by atoms with Crippen LogP contribution in [0.5, 0.6) is 5.88 Å². The SMILES string of the molecule is CCOc1nc2ccccc2nc1N1CCN[C@@H](C)C1. The van der Waals surface area contributed by atoms with Crippen LogP contribution in [-0.2, 0) is 0 Å². The summed E-state index contributed by atoms with van der Waals surface area (Å²) in [6, 6.07) is 8.37. The maximum Gasteiger partial charge on any atom is 0.258 e. The highest BCUT2D eigenvalue weighted by molar-refractivity contribution is 5.77. The van der Waals surface area contributed by atoms with Crippen molar-refractivity contribution in [2.45, 2.75) is 19.9 Å². The van der Waals surface area contributed by atoms with Gasteiger partial charge in [-0.3, -0.25) is 0 Å². The molecule has 5 heteroatoms. The van der Waals surface area contributed by atoms with E-state index in [1.807, 2.05) is 31.2 Å². The monoisotopic (exact) mass is 272 g/mol. The summed E-state index contributed by atoms with van der Waals surface area (Å²) in [6.07, 6.45) is 0. The van der Waals surface area contributed by atoms with Crippen molar-refractivity contribution in [3.8, 4) is 5.88 Å². The van der Waals surface area contributed by atoms with Gasteiger partial charge in [0.2, 0.25) is 0 Å². The van der Waals surface area contributed by atoms with Crippen LogP contribution in [0, 0.1) is 0 Å². The molecular weight excluding hydrogens is 252 g/mol. The minimum Gasteiger partial charge on any atom is -0.475 e. The third kappa shape index (κ3) is 2.54. The highest BCUT2D eigenvalue weighted by Gasteiger charge is 2.21. The van der Waals surface area contributed by atoms with Crippen molar-refractivity contribution in [1.82, 2.24) is 15.3 Å². The van der Waals surface area contributed by atoms with Gasteiger partial charge in [0.15, 0.2) is 5.82 Å². The molecule has 0 aliphatic carbocycles. The molecule has 0 bridgehead atoms. The number of para-hydroxylation sites is 2. The quantitative estimate of drug-likeness (QED) is 0.923. The molecule has 5 nitrogen and oxygen atoms in total. The van der Waals surface area contributed by atoms with Crippen LogP contribution >= 0.6 is 0 Å². The number of nitrogens with zero attached hydrogens (tertiary/aromatic N) is 3. The van der Waals surface area contributed by atoms with E-state index in [1.54, 1.807) is 0 Å². The van der Waals surface area contributed by atoms with E-state index in [1.165, 1.54) is 0 Å². The molecule has 0 unspecified atom stereocenters. The van der Waals surface area contributed by atoms with Crippen molar-refractivity contribution in [3.05, 3.63) is 24.3 Å². The number of aromatic nitrogens is 2. The first-order chi connectivity index (χ1) is 9.78. The second kappa shape index (κ2) is 5.63. The Labute approximate surface area is 119 Å². The first kappa shape index (κ1) is 13.1. The minimum atomic E-state index is 0.450. The molecule has 1 aliphatic rings. The van der Waals surface area contributed by atoms with E-state index >= 15 is 0 Å². The van der Waals surface area contributed by atoms with E-state index in [4.69, 9.17) is 9.72 Å². The fourth-order valence-electron chi connectivity index (χ4n) is 2.54. The van der Waals surface area contributed by atoms with Crippen molar-refractivity contribution in [3.63, 3.8) is 0 Å². The molecule has 2 heterocycles. The predicted octanol–water partition coefficient (Wildman–Crippen LogP) is 1.83. The fourth-order valence-corrected chi connectivity index (χ4v) is 2.54. The summed E-state index contributed by atoms with van der Waals surface area (Å²) >= 11 is 0. The number of fused-ring (bicyclic) bond motifs is 1. The molecule has 106 valence electrons. The van der Waals surface area contributed by atoms with Crippen LogP contribution in [0.1, 0.15) is 13.8 Å². The second-order valence-electron chi connectivity index (χ2n) is 5.08. The van der Waals surface area contributed by atoms with Gasteiger partial charge in [-0.1, -0.05) is 12.1 Å². The predicted molar refractivity (Wildman–Crippen MR) is 80.4 cm³/mol. The molecule has 1 atom stereocenters. The topological polar surface area (TPSA) is 50.3 Å². The summed E-state index contributed by atoms with van der Waals surface area (Å²) in [5.41, 5.74) is 1.79. The third-order valence-corrected chi connectivity index (χ3v) is 3.47. The molecule has 1 N–H and O–H groups in total. The fraction of sp³-hybridized carbons (Fsp3) is 0.467. The van der Waals surface area contributed by atoms with Crippen molar-refractivity contribution >= 4 is 16.9 Å². The standard InChI is InChI=1S/C15H20N4O/c1-3-20-15-14(19-9-8-16-11(2)10-19)17-12-6-4-5-7-13(12)18-15/h4-7,11,16H,3,8-10H2,1-2H3/t11-/m0/s1. The van der Waals surface area contributed by atoms with E-state index in [0.717, 1.165) is 36.5 Å². The Hall–Kier alpha value is -1.88. The highest BCUT2D eigenvalue weighted by Crippen LogP contribution is 2.27. The van der Waals surface area contributed by atoms with Gasteiger partial charge in [0.05, 0.1) is 17.6 Å². The van der Waals surface area contributed by atoms with E-state index in [0.29, 0.717) is 18.5 Å². The van der Waals surface area contributed by atoms with Gasteiger partial charge in [-0.05, 0) is 26.0 Å². The number of anilines is 1. The molecule has 0 spiro atoms. The number of benzene rings is 1. The molecule has 3 rings (SSSR count). The van der Waals surface area contributed by atoms with E-state index in [-0.39, 0.29) is 0 Å². The lowest BCUT2D eigenvalue weighted by Gasteiger charge is -2.33. The number of hydrogen-bond donors (Lipinski definition) is 1. The Morgan fingerprint density at radius 2 is 2.05 bits per heavy atom. The summed E-state index contributed by atoms with van der Waals surface area (Å²) in [6.45, 7) is 7.56.